The van der Waals surface area contributed by atoms with Crippen LogP contribution in [0.4, 0.5) is 0 Å². The van der Waals surface area contributed by atoms with Crippen LogP contribution in [-0.2, 0) is 16.1 Å². The maximum absolute atomic E-state index is 10.5. The second-order valence-corrected chi connectivity index (χ2v) is 4.00. The van der Waals surface area contributed by atoms with Gasteiger partial charge in [0, 0.05) is 19.1 Å². The van der Waals surface area contributed by atoms with Gasteiger partial charge < -0.3 is 15.0 Å². The Labute approximate surface area is 98.7 Å². The van der Waals surface area contributed by atoms with Gasteiger partial charge in [-0.2, -0.15) is 4.98 Å². The maximum Gasteiger partial charge on any atom is 0.240 e. The molecule has 0 spiro atoms. The molecule has 0 aliphatic carbocycles. The predicted molar refractivity (Wildman–Crippen MR) is 58.0 cm³/mol. The number of nitrogens with zero attached hydrogens (tertiary/aromatic N) is 2. The van der Waals surface area contributed by atoms with E-state index in [2.05, 4.69) is 15.5 Å². The molecule has 0 radical (unpaired) electrons. The number of primary amides is 1. The SMILES string of the molecule is NC(=O)CNCc1nc(C2CCOCC2)no1. The lowest BCUT2D eigenvalue weighted by atomic mass is 10.00. The molecule has 2 rings (SSSR count). The lowest BCUT2D eigenvalue weighted by Gasteiger charge is -2.18. The summed E-state index contributed by atoms with van der Waals surface area (Å²) in [6, 6.07) is 0. The van der Waals surface area contributed by atoms with E-state index in [1.54, 1.807) is 0 Å². The van der Waals surface area contributed by atoms with Crippen LogP contribution in [0.3, 0.4) is 0 Å². The van der Waals surface area contributed by atoms with E-state index >= 15 is 0 Å². The smallest absolute Gasteiger partial charge is 0.240 e. The van der Waals surface area contributed by atoms with Crippen LogP contribution in [-0.4, -0.2) is 35.8 Å². The van der Waals surface area contributed by atoms with Crippen molar-refractivity contribution >= 4 is 5.91 Å². The molecule has 7 nitrogen and oxygen atoms in total. The van der Waals surface area contributed by atoms with Gasteiger partial charge in [0.05, 0.1) is 13.1 Å². The zero-order valence-corrected chi connectivity index (χ0v) is 9.52. The molecule has 0 unspecified atom stereocenters. The minimum Gasteiger partial charge on any atom is -0.381 e. The van der Waals surface area contributed by atoms with Crippen LogP contribution in [0, 0.1) is 0 Å². The zero-order chi connectivity index (χ0) is 12.1. The van der Waals surface area contributed by atoms with E-state index in [9.17, 15) is 4.79 Å². The summed E-state index contributed by atoms with van der Waals surface area (Å²) in [7, 11) is 0. The average molecular weight is 240 g/mol. The van der Waals surface area contributed by atoms with Crippen LogP contribution >= 0.6 is 0 Å². The Kier molecular flexibility index (Phi) is 4.05. The average Bonchev–Trinajstić information content (AvgIpc) is 2.78. The molecule has 1 saturated heterocycles. The van der Waals surface area contributed by atoms with Gasteiger partial charge >= 0.3 is 0 Å². The molecule has 1 amide bonds. The Morgan fingerprint density at radius 2 is 2.24 bits per heavy atom. The highest BCUT2D eigenvalue weighted by Gasteiger charge is 2.21. The summed E-state index contributed by atoms with van der Waals surface area (Å²) in [5.74, 6) is 1.11. The van der Waals surface area contributed by atoms with Crippen LogP contribution in [0.2, 0.25) is 0 Å². The number of carbonyl (C=O) groups is 1. The third-order valence-corrected chi connectivity index (χ3v) is 2.65. The monoisotopic (exact) mass is 240 g/mol. The van der Waals surface area contributed by atoms with Gasteiger partial charge in [0.15, 0.2) is 5.82 Å². The van der Waals surface area contributed by atoms with E-state index in [4.69, 9.17) is 15.0 Å². The van der Waals surface area contributed by atoms with Crippen molar-refractivity contribution in [3.8, 4) is 0 Å². The van der Waals surface area contributed by atoms with Gasteiger partial charge in [0.1, 0.15) is 0 Å². The molecule has 0 atom stereocenters. The normalized spacial score (nSPS) is 17.2. The number of amides is 1. The largest absolute Gasteiger partial charge is 0.381 e. The number of hydrogen-bond acceptors (Lipinski definition) is 6. The Morgan fingerprint density at radius 3 is 2.94 bits per heavy atom. The van der Waals surface area contributed by atoms with Gasteiger partial charge in [-0.15, -0.1) is 0 Å². The second kappa shape index (κ2) is 5.74. The summed E-state index contributed by atoms with van der Waals surface area (Å²) >= 11 is 0. The first-order chi connectivity index (χ1) is 8.25. The highest BCUT2D eigenvalue weighted by atomic mass is 16.5. The van der Waals surface area contributed by atoms with Crippen molar-refractivity contribution in [2.75, 3.05) is 19.8 Å². The van der Waals surface area contributed by atoms with Gasteiger partial charge in [-0.3, -0.25) is 10.1 Å². The zero-order valence-electron chi connectivity index (χ0n) is 9.52. The molecule has 1 aromatic heterocycles. The molecule has 0 saturated carbocycles. The van der Waals surface area contributed by atoms with Crippen molar-refractivity contribution in [2.24, 2.45) is 5.73 Å². The number of hydrogen-bond donors (Lipinski definition) is 2. The summed E-state index contributed by atoms with van der Waals surface area (Å²) in [5, 5.41) is 6.76. The van der Waals surface area contributed by atoms with Gasteiger partial charge in [-0.05, 0) is 12.8 Å². The van der Waals surface area contributed by atoms with Crippen molar-refractivity contribution in [1.29, 1.82) is 0 Å². The molecule has 0 aromatic carbocycles. The number of ether oxygens (including phenoxy) is 1. The topological polar surface area (TPSA) is 103 Å². The summed E-state index contributed by atoms with van der Waals surface area (Å²) in [4.78, 5) is 14.8. The quantitative estimate of drug-likeness (QED) is 0.721. The van der Waals surface area contributed by atoms with E-state index in [0.29, 0.717) is 18.4 Å². The van der Waals surface area contributed by atoms with E-state index in [-0.39, 0.29) is 6.54 Å². The van der Waals surface area contributed by atoms with Crippen LogP contribution < -0.4 is 11.1 Å². The first-order valence-corrected chi connectivity index (χ1v) is 5.65. The first kappa shape index (κ1) is 12.0. The summed E-state index contributed by atoms with van der Waals surface area (Å²) in [5.41, 5.74) is 5.00. The van der Waals surface area contributed by atoms with Crippen molar-refractivity contribution in [1.82, 2.24) is 15.5 Å². The summed E-state index contributed by atoms with van der Waals surface area (Å²) in [6.45, 7) is 1.96. The first-order valence-electron chi connectivity index (χ1n) is 5.65. The number of nitrogens with one attached hydrogen (secondary N) is 1. The van der Waals surface area contributed by atoms with Gasteiger partial charge in [-0.25, -0.2) is 0 Å². The lowest BCUT2D eigenvalue weighted by Crippen LogP contribution is -2.28. The van der Waals surface area contributed by atoms with E-state index < -0.39 is 5.91 Å². The fourth-order valence-electron chi connectivity index (χ4n) is 1.75. The third kappa shape index (κ3) is 3.50. The summed E-state index contributed by atoms with van der Waals surface area (Å²) < 4.78 is 10.4. The minimum absolute atomic E-state index is 0.106. The maximum atomic E-state index is 10.5. The van der Waals surface area contributed by atoms with Crippen molar-refractivity contribution in [3.05, 3.63) is 11.7 Å². The molecular formula is C10H16N4O3. The lowest BCUT2D eigenvalue weighted by molar-refractivity contribution is -0.117. The highest BCUT2D eigenvalue weighted by molar-refractivity contribution is 5.75. The standard InChI is InChI=1S/C10H16N4O3/c11-8(15)5-12-6-9-13-10(14-17-9)7-1-3-16-4-2-7/h7,12H,1-6H2,(H2,11,15). The molecule has 17 heavy (non-hydrogen) atoms. The minimum atomic E-state index is -0.408. The van der Waals surface area contributed by atoms with E-state index in [1.807, 2.05) is 0 Å². The predicted octanol–water partition coefficient (Wildman–Crippen LogP) is -0.461. The Balaban J connectivity index is 1.84. The molecule has 3 N–H and O–H groups in total. The molecule has 1 aliphatic rings. The fraction of sp³-hybridized carbons (Fsp3) is 0.700. The Bertz CT molecular complexity index is 373. The number of aromatic nitrogens is 2. The van der Waals surface area contributed by atoms with Gasteiger partial charge in [0.25, 0.3) is 0 Å². The molecule has 1 aliphatic heterocycles. The highest BCUT2D eigenvalue weighted by Crippen LogP contribution is 2.24. The van der Waals surface area contributed by atoms with Crippen LogP contribution in [0.15, 0.2) is 4.52 Å². The Hall–Kier alpha value is -1.47. The fourth-order valence-corrected chi connectivity index (χ4v) is 1.75. The molecular weight excluding hydrogens is 224 g/mol. The molecule has 7 heteroatoms. The van der Waals surface area contributed by atoms with E-state index in [0.717, 1.165) is 31.9 Å². The third-order valence-electron chi connectivity index (χ3n) is 2.65. The van der Waals surface area contributed by atoms with E-state index in [1.165, 1.54) is 0 Å². The number of carbonyl (C=O) groups excluding carboxylic acids is 1. The van der Waals surface area contributed by atoms with Crippen LogP contribution in [0.5, 0.6) is 0 Å². The van der Waals surface area contributed by atoms with Gasteiger partial charge in [-0.1, -0.05) is 5.16 Å². The van der Waals surface area contributed by atoms with Crippen molar-refractivity contribution in [2.45, 2.75) is 25.3 Å². The molecule has 1 fully saturated rings. The Morgan fingerprint density at radius 1 is 1.47 bits per heavy atom. The molecule has 1 aromatic rings. The van der Waals surface area contributed by atoms with Crippen molar-refractivity contribution in [3.63, 3.8) is 0 Å². The number of rotatable bonds is 5. The molecule has 2 heterocycles. The number of nitrogens with two attached hydrogens (primary N) is 1. The molecule has 94 valence electrons. The molecule has 0 bridgehead atoms. The second-order valence-electron chi connectivity index (χ2n) is 4.00. The van der Waals surface area contributed by atoms with Crippen LogP contribution in [0.1, 0.15) is 30.5 Å². The summed E-state index contributed by atoms with van der Waals surface area (Å²) in [6.07, 6.45) is 1.85. The van der Waals surface area contributed by atoms with Gasteiger partial charge in [0.2, 0.25) is 11.8 Å². The van der Waals surface area contributed by atoms with Crippen molar-refractivity contribution < 1.29 is 14.1 Å². The van der Waals surface area contributed by atoms with Crippen LogP contribution in [0.25, 0.3) is 0 Å².